The van der Waals surface area contributed by atoms with Crippen LogP contribution < -0.4 is 14.4 Å². The van der Waals surface area contributed by atoms with E-state index in [2.05, 4.69) is 13.8 Å². The lowest BCUT2D eigenvalue weighted by Crippen LogP contribution is -2.27. The highest BCUT2D eigenvalue weighted by Crippen LogP contribution is 2.31. The number of amides is 1. The highest BCUT2D eigenvalue weighted by Gasteiger charge is 2.36. The van der Waals surface area contributed by atoms with Gasteiger partial charge in [-0.3, -0.25) is 9.59 Å². The molecule has 1 aliphatic heterocycles. The van der Waals surface area contributed by atoms with Crippen molar-refractivity contribution in [2.45, 2.75) is 40.0 Å². The molecular weight excluding hydrogens is 354 g/mol. The lowest BCUT2D eigenvalue weighted by molar-refractivity contribution is -0.139. The van der Waals surface area contributed by atoms with Gasteiger partial charge in [0.05, 0.1) is 12.5 Å². The zero-order valence-corrected chi connectivity index (χ0v) is 16.9. The number of rotatable bonds is 6. The van der Waals surface area contributed by atoms with Crippen LogP contribution >= 0.6 is 0 Å². The van der Waals surface area contributed by atoms with Crippen LogP contribution in [-0.2, 0) is 9.59 Å². The molecule has 1 fully saturated rings. The van der Waals surface area contributed by atoms with Gasteiger partial charge in [0.15, 0.2) is 0 Å². The van der Waals surface area contributed by atoms with Crippen molar-refractivity contribution in [2.75, 3.05) is 18.1 Å². The predicted octanol–water partition coefficient (Wildman–Crippen LogP) is 4.48. The highest BCUT2D eigenvalue weighted by molar-refractivity contribution is 5.99. The molecule has 148 valence electrons. The first-order valence-corrected chi connectivity index (χ1v) is 9.74. The van der Waals surface area contributed by atoms with E-state index < -0.39 is 5.92 Å². The van der Waals surface area contributed by atoms with Gasteiger partial charge in [0.2, 0.25) is 5.91 Å². The van der Waals surface area contributed by atoms with Crippen molar-refractivity contribution in [3.8, 4) is 11.5 Å². The molecule has 0 N–H and O–H groups in total. The molecule has 0 unspecified atom stereocenters. The van der Waals surface area contributed by atoms with E-state index in [1.165, 1.54) is 0 Å². The normalized spacial score (nSPS) is 16.5. The fourth-order valence-corrected chi connectivity index (χ4v) is 3.40. The molecule has 1 heterocycles. The lowest BCUT2D eigenvalue weighted by atomic mass is 10.0. The number of nitrogens with zero attached hydrogens (tertiary/aromatic N) is 1. The van der Waals surface area contributed by atoms with Crippen molar-refractivity contribution in [1.29, 1.82) is 0 Å². The van der Waals surface area contributed by atoms with Crippen LogP contribution in [0.2, 0.25) is 0 Å². The molecule has 1 atom stereocenters. The molecule has 3 rings (SSSR count). The van der Waals surface area contributed by atoms with Crippen molar-refractivity contribution in [3.05, 3.63) is 53.6 Å². The number of carbonyl (C=O) groups excluding carboxylic acids is 2. The molecule has 1 amide bonds. The molecule has 28 heavy (non-hydrogen) atoms. The fourth-order valence-electron chi connectivity index (χ4n) is 3.40. The summed E-state index contributed by atoms with van der Waals surface area (Å²) < 4.78 is 11.2. The summed E-state index contributed by atoms with van der Waals surface area (Å²) in [7, 11) is 0. The van der Waals surface area contributed by atoms with Gasteiger partial charge in [0, 0.05) is 18.7 Å². The summed E-state index contributed by atoms with van der Waals surface area (Å²) >= 11 is 0. The number of aryl methyl sites for hydroxylation is 1. The van der Waals surface area contributed by atoms with E-state index in [1.807, 2.05) is 56.3 Å². The summed E-state index contributed by atoms with van der Waals surface area (Å²) in [6.07, 6.45) is 0.162. The van der Waals surface area contributed by atoms with Crippen LogP contribution in [0.25, 0.3) is 0 Å². The van der Waals surface area contributed by atoms with Crippen LogP contribution in [0, 0.1) is 12.8 Å². The number of carbonyl (C=O) groups is 2. The molecule has 2 aromatic rings. The summed E-state index contributed by atoms with van der Waals surface area (Å²) in [4.78, 5) is 26.9. The Bertz CT molecular complexity index is 857. The highest BCUT2D eigenvalue weighted by atomic mass is 16.5. The molecule has 5 nitrogen and oxygen atoms in total. The molecule has 2 aromatic carbocycles. The molecule has 5 heteroatoms. The van der Waals surface area contributed by atoms with Crippen LogP contribution in [0.5, 0.6) is 11.5 Å². The van der Waals surface area contributed by atoms with Crippen molar-refractivity contribution in [3.63, 3.8) is 0 Å². The van der Waals surface area contributed by atoms with E-state index in [9.17, 15) is 9.59 Å². The van der Waals surface area contributed by atoms with Crippen molar-refractivity contribution in [1.82, 2.24) is 0 Å². The quantitative estimate of drug-likeness (QED) is 0.547. The van der Waals surface area contributed by atoms with Gasteiger partial charge in [-0.1, -0.05) is 26.0 Å². The average Bonchev–Trinajstić information content (AvgIpc) is 3.04. The maximum Gasteiger partial charge on any atom is 0.316 e. The Labute approximate surface area is 166 Å². The van der Waals surface area contributed by atoms with Gasteiger partial charge in [-0.15, -0.1) is 0 Å². The second-order valence-corrected chi connectivity index (χ2v) is 7.45. The van der Waals surface area contributed by atoms with E-state index in [0.717, 1.165) is 22.6 Å². The van der Waals surface area contributed by atoms with Crippen molar-refractivity contribution < 1.29 is 19.1 Å². The molecule has 0 aliphatic carbocycles. The fraction of sp³-hybridized carbons (Fsp3) is 0.391. The van der Waals surface area contributed by atoms with E-state index >= 15 is 0 Å². The Morgan fingerprint density at radius 1 is 1.18 bits per heavy atom. The predicted molar refractivity (Wildman–Crippen MR) is 109 cm³/mol. The smallest absolute Gasteiger partial charge is 0.316 e. The zero-order chi connectivity index (χ0) is 20.3. The molecule has 0 aromatic heterocycles. The van der Waals surface area contributed by atoms with E-state index in [0.29, 0.717) is 18.9 Å². The summed E-state index contributed by atoms with van der Waals surface area (Å²) in [5, 5.41) is 0. The Morgan fingerprint density at radius 2 is 1.89 bits per heavy atom. The number of esters is 1. The third-order valence-electron chi connectivity index (χ3n) is 4.92. The van der Waals surface area contributed by atoms with Gasteiger partial charge in [0.1, 0.15) is 11.5 Å². The lowest BCUT2D eigenvalue weighted by Gasteiger charge is -2.18. The first-order chi connectivity index (χ1) is 13.4. The number of anilines is 1. The van der Waals surface area contributed by atoms with Crippen LogP contribution in [0.1, 0.15) is 44.2 Å². The number of benzene rings is 2. The first-order valence-electron chi connectivity index (χ1n) is 9.74. The van der Waals surface area contributed by atoms with Gasteiger partial charge in [-0.2, -0.15) is 0 Å². The van der Waals surface area contributed by atoms with Crippen LogP contribution in [0.15, 0.2) is 42.5 Å². The van der Waals surface area contributed by atoms with E-state index in [1.54, 1.807) is 4.90 Å². The topological polar surface area (TPSA) is 55.8 Å². The number of hydrogen-bond donors (Lipinski definition) is 0. The van der Waals surface area contributed by atoms with E-state index in [-0.39, 0.29) is 24.2 Å². The third-order valence-corrected chi connectivity index (χ3v) is 4.92. The van der Waals surface area contributed by atoms with E-state index in [4.69, 9.17) is 9.47 Å². The molecule has 1 saturated heterocycles. The average molecular weight is 381 g/mol. The summed E-state index contributed by atoms with van der Waals surface area (Å²) in [5.74, 6) is 0.698. The molecular formula is C23H27NO4. The van der Waals surface area contributed by atoms with Gasteiger partial charge >= 0.3 is 5.97 Å². The zero-order valence-electron chi connectivity index (χ0n) is 16.9. The minimum atomic E-state index is -0.473. The van der Waals surface area contributed by atoms with Crippen LogP contribution in [0.3, 0.4) is 0 Å². The molecule has 0 radical (unpaired) electrons. The monoisotopic (exact) mass is 381 g/mol. The molecule has 0 bridgehead atoms. The van der Waals surface area contributed by atoms with Crippen molar-refractivity contribution >= 4 is 17.6 Å². The second-order valence-electron chi connectivity index (χ2n) is 7.45. The summed E-state index contributed by atoms with van der Waals surface area (Å²) in [6.45, 7) is 8.94. The van der Waals surface area contributed by atoms with Crippen LogP contribution in [-0.4, -0.2) is 25.0 Å². The molecule has 0 spiro atoms. The molecule has 1 aliphatic rings. The standard InChI is InChI=1S/C23H27NO4/c1-5-27-19-9-7-18(8-10-19)24-14-17(13-22(24)25)23(26)28-21-12-16(4)6-11-20(21)15(2)3/h6-12,15,17H,5,13-14H2,1-4H3/t17-/m0/s1. The number of hydrogen-bond acceptors (Lipinski definition) is 4. The van der Waals surface area contributed by atoms with Gasteiger partial charge in [-0.05, 0) is 61.2 Å². The minimum Gasteiger partial charge on any atom is -0.494 e. The van der Waals surface area contributed by atoms with Crippen LogP contribution in [0.4, 0.5) is 5.69 Å². The first kappa shape index (κ1) is 19.9. The number of ether oxygens (including phenoxy) is 2. The summed E-state index contributed by atoms with van der Waals surface area (Å²) in [6, 6.07) is 13.2. The third kappa shape index (κ3) is 4.35. The Hall–Kier alpha value is -2.82. The Balaban J connectivity index is 1.71. The van der Waals surface area contributed by atoms with Gasteiger partial charge < -0.3 is 14.4 Å². The largest absolute Gasteiger partial charge is 0.494 e. The van der Waals surface area contributed by atoms with Gasteiger partial charge in [-0.25, -0.2) is 0 Å². The maximum absolute atomic E-state index is 12.7. The molecule has 0 saturated carbocycles. The summed E-state index contributed by atoms with van der Waals surface area (Å²) in [5.41, 5.74) is 2.79. The minimum absolute atomic E-state index is 0.0700. The Kier molecular flexibility index (Phi) is 6.02. The van der Waals surface area contributed by atoms with Crippen molar-refractivity contribution in [2.24, 2.45) is 5.92 Å². The Morgan fingerprint density at radius 3 is 2.54 bits per heavy atom. The SMILES string of the molecule is CCOc1ccc(N2C[C@@H](C(=O)Oc3cc(C)ccc3C(C)C)CC2=O)cc1. The van der Waals surface area contributed by atoms with Gasteiger partial charge in [0.25, 0.3) is 0 Å². The second kappa shape index (κ2) is 8.46. The maximum atomic E-state index is 12.7.